The Morgan fingerprint density at radius 1 is 1.00 bits per heavy atom. The fourth-order valence-electron chi connectivity index (χ4n) is 2.73. The molecular formula is C24H17Cl3N2O2. The van der Waals surface area contributed by atoms with Crippen LogP contribution in [0.25, 0.3) is 6.08 Å². The fraction of sp³-hybridized carbons (Fsp3) is 0.0833. The predicted octanol–water partition coefficient (Wildman–Crippen LogP) is 7.08. The molecule has 0 atom stereocenters. The number of aryl methyl sites for hydroxylation is 1. The molecular weight excluding hydrogens is 455 g/mol. The van der Waals surface area contributed by atoms with E-state index in [4.69, 9.17) is 39.5 Å². The van der Waals surface area contributed by atoms with E-state index >= 15 is 0 Å². The van der Waals surface area contributed by atoms with E-state index in [0.717, 1.165) is 11.1 Å². The van der Waals surface area contributed by atoms with Gasteiger partial charge in [0.25, 0.3) is 5.91 Å². The van der Waals surface area contributed by atoms with Gasteiger partial charge in [0.1, 0.15) is 24.0 Å². The normalized spacial score (nSPS) is 11.0. The van der Waals surface area contributed by atoms with Crippen LogP contribution >= 0.6 is 34.8 Å². The number of hydrogen-bond donors (Lipinski definition) is 1. The fourth-order valence-corrected chi connectivity index (χ4v) is 3.21. The minimum Gasteiger partial charge on any atom is -0.488 e. The second-order valence-electron chi connectivity index (χ2n) is 6.68. The zero-order valence-corrected chi connectivity index (χ0v) is 18.7. The summed E-state index contributed by atoms with van der Waals surface area (Å²) in [6, 6.07) is 19.3. The van der Waals surface area contributed by atoms with Crippen LogP contribution in [0.15, 0.2) is 66.2 Å². The first-order valence-corrected chi connectivity index (χ1v) is 10.3. The molecule has 156 valence electrons. The lowest BCUT2D eigenvalue weighted by molar-refractivity contribution is -0.112. The monoisotopic (exact) mass is 470 g/mol. The number of amides is 1. The number of nitrogens with one attached hydrogen (secondary N) is 1. The Bertz CT molecular complexity index is 1180. The van der Waals surface area contributed by atoms with Crippen LogP contribution in [0.5, 0.6) is 5.75 Å². The van der Waals surface area contributed by atoms with Crippen LogP contribution in [0.1, 0.15) is 16.7 Å². The first-order valence-electron chi connectivity index (χ1n) is 9.22. The van der Waals surface area contributed by atoms with Crippen molar-refractivity contribution in [3.63, 3.8) is 0 Å². The van der Waals surface area contributed by atoms with Gasteiger partial charge in [-0.15, -0.1) is 0 Å². The van der Waals surface area contributed by atoms with Gasteiger partial charge in [0.15, 0.2) is 0 Å². The maximum atomic E-state index is 12.7. The van der Waals surface area contributed by atoms with Gasteiger partial charge in [0.2, 0.25) is 0 Å². The number of carbonyl (C=O) groups is 1. The molecule has 0 saturated heterocycles. The SMILES string of the molecule is Cc1ccc(Cl)cc1NC(=O)/C(C#N)=C/c1cc(Cl)ccc1OCc1ccc(Cl)cc1. The van der Waals surface area contributed by atoms with Crippen LogP contribution in [0, 0.1) is 18.3 Å². The molecule has 0 spiro atoms. The number of carbonyl (C=O) groups excluding carboxylic acids is 1. The topological polar surface area (TPSA) is 62.1 Å². The summed E-state index contributed by atoms with van der Waals surface area (Å²) in [6.45, 7) is 2.12. The number of ether oxygens (including phenoxy) is 1. The van der Waals surface area contributed by atoms with Gasteiger partial charge in [-0.05, 0) is 66.6 Å². The van der Waals surface area contributed by atoms with Gasteiger partial charge in [-0.25, -0.2) is 0 Å². The van der Waals surface area contributed by atoms with Crippen molar-refractivity contribution in [3.05, 3.63) is 98.0 Å². The molecule has 0 saturated carbocycles. The molecule has 7 heteroatoms. The van der Waals surface area contributed by atoms with Gasteiger partial charge < -0.3 is 10.1 Å². The number of nitrogens with zero attached hydrogens (tertiary/aromatic N) is 1. The maximum absolute atomic E-state index is 12.7. The van der Waals surface area contributed by atoms with E-state index in [1.54, 1.807) is 48.5 Å². The van der Waals surface area contributed by atoms with E-state index in [2.05, 4.69) is 5.32 Å². The molecule has 0 bridgehead atoms. The molecule has 4 nitrogen and oxygen atoms in total. The summed E-state index contributed by atoms with van der Waals surface area (Å²) < 4.78 is 5.89. The second kappa shape index (κ2) is 10.4. The third-order valence-corrected chi connectivity index (χ3v) is 5.11. The zero-order chi connectivity index (χ0) is 22.4. The number of nitriles is 1. The number of anilines is 1. The van der Waals surface area contributed by atoms with E-state index in [1.807, 2.05) is 25.1 Å². The summed E-state index contributed by atoms with van der Waals surface area (Å²) in [5, 5.41) is 13.9. The standard InChI is InChI=1S/C24H17Cl3N2O2/c1-15-2-5-21(27)12-22(15)29-24(30)18(13-28)10-17-11-20(26)8-9-23(17)31-14-16-3-6-19(25)7-4-16/h2-12H,14H2,1H3,(H,29,30)/b18-10+. The molecule has 0 aliphatic carbocycles. The van der Waals surface area contributed by atoms with Crippen molar-refractivity contribution < 1.29 is 9.53 Å². The van der Waals surface area contributed by atoms with Crippen LogP contribution < -0.4 is 10.1 Å². The first kappa shape index (κ1) is 22.7. The van der Waals surface area contributed by atoms with E-state index < -0.39 is 5.91 Å². The molecule has 3 aromatic rings. The predicted molar refractivity (Wildman–Crippen MR) is 126 cm³/mol. The summed E-state index contributed by atoms with van der Waals surface area (Å²) in [7, 11) is 0. The Morgan fingerprint density at radius 2 is 1.65 bits per heavy atom. The van der Waals surface area contributed by atoms with Gasteiger partial charge >= 0.3 is 0 Å². The largest absolute Gasteiger partial charge is 0.488 e. The quantitative estimate of drug-likeness (QED) is 0.308. The van der Waals surface area contributed by atoms with Crippen LogP contribution in [0.4, 0.5) is 5.69 Å². The third kappa shape index (κ3) is 6.26. The lowest BCUT2D eigenvalue weighted by Crippen LogP contribution is -2.14. The lowest BCUT2D eigenvalue weighted by atomic mass is 10.1. The van der Waals surface area contributed by atoms with E-state index in [-0.39, 0.29) is 12.2 Å². The van der Waals surface area contributed by atoms with Gasteiger partial charge in [-0.2, -0.15) is 5.26 Å². The van der Waals surface area contributed by atoms with E-state index in [1.165, 1.54) is 6.08 Å². The molecule has 0 aromatic heterocycles. The van der Waals surface area contributed by atoms with Crippen molar-refractivity contribution in [1.82, 2.24) is 0 Å². The molecule has 1 N–H and O–H groups in total. The number of benzene rings is 3. The molecule has 3 rings (SSSR count). The number of halogens is 3. The lowest BCUT2D eigenvalue weighted by Gasteiger charge is -2.11. The molecule has 0 heterocycles. The third-order valence-electron chi connectivity index (χ3n) is 4.39. The number of hydrogen-bond acceptors (Lipinski definition) is 3. The second-order valence-corrected chi connectivity index (χ2v) is 7.99. The zero-order valence-electron chi connectivity index (χ0n) is 16.5. The summed E-state index contributed by atoms with van der Waals surface area (Å²) in [5.74, 6) is -0.0738. The highest BCUT2D eigenvalue weighted by molar-refractivity contribution is 6.31. The van der Waals surface area contributed by atoms with Crippen molar-refractivity contribution in [2.75, 3.05) is 5.32 Å². The van der Waals surface area contributed by atoms with Crippen molar-refractivity contribution >= 4 is 52.5 Å². The van der Waals surface area contributed by atoms with Gasteiger partial charge in [0.05, 0.1) is 0 Å². The molecule has 31 heavy (non-hydrogen) atoms. The molecule has 3 aromatic carbocycles. The Kier molecular flexibility index (Phi) is 7.59. The van der Waals surface area contributed by atoms with Crippen molar-refractivity contribution in [2.24, 2.45) is 0 Å². The van der Waals surface area contributed by atoms with E-state index in [0.29, 0.717) is 32.1 Å². The Balaban J connectivity index is 1.84. The Hall–Kier alpha value is -2.97. The smallest absolute Gasteiger partial charge is 0.266 e. The average Bonchev–Trinajstić information content (AvgIpc) is 2.75. The molecule has 0 fully saturated rings. The summed E-state index contributed by atoms with van der Waals surface area (Å²) in [5.41, 5.74) is 2.69. The van der Waals surface area contributed by atoms with Crippen LogP contribution in [-0.4, -0.2) is 5.91 Å². The summed E-state index contributed by atoms with van der Waals surface area (Å²) >= 11 is 18.0. The minimum atomic E-state index is -0.559. The Morgan fingerprint density at radius 3 is 2.35 bits per heavy atom. The summed E-state index contributed by atoms with van der Waals surface area (Å²) in [4.78, 5) is 12.7. The molecule has 0 aliphatic heterocycles. The van der Waals surface area contributed by atoms with Gasteiger partial charge in [0, 0.05) is 26.3 Å². The van der Waals surface area contributed by atoms with Crippen LogP contribution in [-0.2, 0) is 11.4 Å². The average molecular weight is 472 g/mol. The number of rotatable bonds is 6. The van der Waals surface area contributed by atoms with Crippen molar-refractivity contribution in [3.8, 4) is 11.8 Å². The first-order chi connectivity index (χ1) is 14.9. The van der Waals surface area contributed by atoms with E-state index in [9.17, 15) is 10.1 Å². The summed E-state index contributed by atoms with van der Waals surface area (Å²) in [6.07, 6.45) is 1.44. The molecule has 1 amide bonds. The Labute approximate surface area is 195 Å². The van der Waals surface area contributed by atoms with Crippen LogP contribution in [0.2, 0.25) is 15.1 Å². The van der Waals surface area contributed by atoms with Crippen molar-refractivity contribution in [2.45, 2.75) is 13.5 Å². The van der Waals surface area contributed by atoms with Crippen LogP contribution in [0.3, 0.4) is 0 Å². The minimum absolute atomic E-state index is 0.0991. The highest BCUT2D eigenvalue weighted by atomic mass is 35.5. The highest BCUT2D eigenvalue weighted by Crippen LogP contribution is 2.27. The maximum Gasteiger partial charge on any atom is 0.266 e. The molecule has 0 unspecified atom stereocenters. The van der Waals surface area contributed by atoms with Crippen molar-refractivity contribution in [1.29, 1.82) is 5.26 Å². The van der Waals surface area contributed by atoms with Gasteiger partial charge in [-0.1, -0.05) is 53.0 Å². The van der Waals surface area contributed by atoms with Gasteiger partial charge in [-0.3, -0.25) is 4.79 Å². The molecule has 0 aliphatic rings. The highest BCUT2D eigenvalue weighted by Gasteiger charge is 2.13. The molecule has 0 radical (unpaired) electrons.